The molecule has 0 aromatic carbocycles. The first kappa shape index (κ1) is 12.2. The molecule has 90 valence electrons. The van der Waals surface area contributed by atoms with Crippen molar-refractivity contribution >= 4 is 11.8 Å². The van der Waals surface area contributed by atoms with Gasteiger partial charge in [0.2, 0.25) is 0 Å². The van der Waals surface area contributed by atoms with Crippen molar-refractivity contribution in [3.8, 4) is 6.07 Å². The Balaban J connectivity index is 1.56. The Kier molecular flexibility index (Phi) is 4.95. The highest BCUT2D eigenvalue weighted by Gasteiger charge is 2.24. The van der Waals surface area contributed by atoms with Crippen LogP contribution in [0, 0.1) is 11.3 Å². The molecular weight excluding hydrogens is 220 g/mol. The van der Waals surface area contributed by atoms with E-state index in [1.807, 2.05) is 11.8 Å². The quantitative estimate of drug-likeness (QED) is 0.770. The first-order chi connectivity index (χ1) is 7.88. The highest BCUT2D eigenvalue weighted by molar-refractivity contribution is 7.99. The molecule has 1 saturated heterocycles. The fourth-order valence-electron chi connectivity index (χ4n) is 1.91. The molecule has 0 aromatic rings. The maximum atomic E-state index is 9.00. The van der Waals surface area contributed by atoms with Crippen LogP contribution in [0.15, 0.2) is 0 Å². The van der Waals surface area contributed by atoms with E-state index in [4.69, 9.17) is 10.00 Å². The van der Waals surface area contributed by atoms with Crippen LogP contribution in [0.2, 0.25) is 0 Å². The zero-order chi connectivity index (χ0) is 11.2. The molecule has 1 saturated carbocycles. The van der Waals surface area contributed by atoms with Crippen molar-refractivity contribution in [2.24, 2.45) is 0 Å². The average Bonchev–Trinajstić information content (AvgIpc) is 3.13. The Morgan fingerprint density at radius 2 is 2.06 bits per heavy atom. The van der Waals surface area contributed by atoms with Gasteiger partial charge < -0.3 is 4.74 Å². The number of hydrogen-bond donors (Lipinski definition) is 1. The van der Waals surface area contributed by atoms with E-state index in [2.05, 4.69) is 11.4 Å². The van der Waals surface area contributed by atoms with Gasteiger partial charge in [-0.15, -0.1) is 0 Å². The lowest BCUT2D eigenvalue weighted by Crippen LogP contribution is -2.30. The van der Waals surface area contributed by atoms with Gasteiger partial charge in [0, 0.05) is 24.5 Å². The lowest BCUT2D eigenvalue weighted by Gasteiger charge is -2.21. The SMILES string of the molecule is N#CC(CCSC1CCOCC1)NC1CC1. The van der Waals surface area contributed by atoms with Crippen molar-refractivity contribution in [2.75, 3.05) is 19.0 Å². The Morgan fingerprint density at radius 1 is 1.31 bits per heavy atom. The Bertz CT molecular complexity index is 244. The van der Waals surface area contributed by atoms with E-state index in [0.717, 1.165) is 30.6 Å². The summed E-state index contributed by atoms with van der Waals surface area (Å²) in [4.78, 5) is 0. The predicted molar refractivity (Wildman–Crippen MR) is 66.5 cm³/mol. The number of nitriles is 1. The van der Waals surface area contributed by atoms with Crippen LogP contribution in [0.25, 0.3) is 0 Å². The molecule has 0 bridgehead atoms. The second kappa shape index (κ2) is 6.48. The Hall–Kier alpha value is -0.240. The van der Waals surface area contributed by atoms with E-state index < -0.39 is 0 Å². The van der Waals surface area contributed by atoms with E-state index in [1.54, 1.807) is 0 Å². The van der Waals surface area contributed by atoms with Gasteiger partial charge >= 0.3 is 0 Å². The third-order valence-electron chi connectivity index (χ3n) is 3.10. The molecule has 2 aliphatic rings. The van der Waals surface area contributed by atoms with Gasteiger partial charge in [-0.05, 0) is 37.9 Å². The standard InChI is InChI=1S/C12H20N2OS/c13-9-11(14-10-1-2-10)5-8-16-12-3-6-15-7-4-12/h10-12,14H,1-8H2. The molecule has 1 atom stereocenters. The first-order valence-corrected chi connectivity index (χ1v) is 7.28. The number of rotatable bonds is 6. The number of nitrogens with one attached hydrogen (secondary N) is 1. The second-order valence-electron chi connectivity index (χ2n) is 4.59. The Morgan fingerprint density at radius 3 is 2.69 bits per heavy atom. The zero-order valence-corrected chi connectivity index (χ0v) is 10.5. The molecule has 3 nitrogen and oxygen atoms in total. The van der Waals surface area contributed by atoms with Gasteiger partial charge in [-0.3, -0.25) is 5.32 Å². The monoisotopic (exact) mass is 240 g/mol. The topological polar surface area (TPSA) is 45.0 Å². The molecule has 4 heteroatoms. The van der Waals surface area contributed by atoms with E-state index in [9.17, 15) is 0 Å². The summed E-state index contributed by atoms with van der Waals surface area (Å²) < 4.78 is 5.33. The van der Waals surface area contributed by atoms with Gasteiger partial charge in [0.1, 0.15) is 0 Å². The Labute approximate surface area is 102 Å². The van der Waals surface area contributed by atoms with Crippen molar-refractivity contribution in [1.29, 1.82) is 5.26 Å². The van der Waals surface area contributed by atoms with Crippen LogP contribution in [0.5, 0.6) is 0 Å². The van der Waals surface area contributed by atoms with Crippen LogP contribution in [0.3, 0.4) is 0 Å². The molecule has 16 heavy (non-hydrogen) atoms. The largest absolute Gasteiger partial charge is 0.381 e. The summed E-state index contributed by atoms with van der Waals surface area (Å²) >= 11 is 2.02. The molecule has 2 fully saturated rings. The van der Waals surface area contributed by atoms with Gasteiger partial charge in [-0.1, -0.05) is 0 Å². The van der Waals surface area contributed by atoms with E-state index in [-0.39, 0.29) is 6.04 Å². The third kappa shape index (κ3) is 4.32. The molecular formula is C12H20N2OS. The molecule has 0 spiro atoms. The minimum atomic E-state index is 0.0693. The third-order valence-corrected chi connectivity index (χ3v) is 4.51. The normalized spacial score (nSPS) is 23.9. The van der Waals surface area contributed by atoms with Crippen molar-refractivity contribution in [3.63, 3.8) is 0 Å². The summed E-state index contributed by atoms with van der Waals surface area (Å²) in [5.74, 6) is 1.10. The number of thioether (sulfide) groups is 1. The average molecular weight is 240 g/mol. The molecule has 0 aromatic heterocycles. The zero-order valence-electron chi connectivity index (χ0n) is 9.65. The summed E-state index contributed by atoms with van der Waals surface area (Å²) in [6.07, 6.45) is 5.85. The van der Waals surface area contributed by atoms with Gasteiger partial charge in [0.25, 0.3) is 0 Å². The van der Waals surface area contributed by atoms with Crippen LogP contribution in [-0.4, -0.2) is 36.3 Å². The molecule has 1 aliphatic heterocycles. The van der Waals surface area contributed by atoms with Crippen LogP contribution < -0.4 is 5.32 Å². The van der Waals surface area contributed by atoms with Gasteiger partial charge in [0.05, 0.1) is 12.1 Å². The smallest absolute Gasteiger partial charge is 0.0963 e. The van der Waals surface area contributed by atoms with Crippen LogP contribution >= 0.6 is 11.8 Å². The van der Waals surface area contributed by atoms with Crippen LogP contribution in [0.1, 0.15) is 32.1 Å². The molecule has 2 rings (SSSR count). The molecule has 0 amide bonds. The summed E-state index contributed by atoms with van der Waals surface area (Å²) in [7, 11) is 0. The van der Waals surface area contributed by atoms with E-state index in [1.165, 1.54) is 25.7 Å². The molecule has 1 unspecified atom stereocenters. The predicted octanol–water partition coefficient (Wildman–Crippen LogP) is 1.93. The number of nitrogens with zero attached hydrogens (tertiary/aromatic N) is 1. The number of hydrogen-bond acceptors (Lipinski definition) is 4. The summed E-state index contributed by atoms with van der Waals surface area (Å²) in [6, 6.07) is 3.07. The molecule has 1 aliphatic carbocycles. The lowest BCUT2D eigenvalue weighted by molar-refractivity contribution is 0.100. The van der Waals surface area contributed by atoms with Gasteiger partial charge in [-0.25, -0.2) is 0 Å². The van der Waals surface area contributed by atoms with E-state index >= 15 is 0 Å². The lowest BCUT2D eigenvalue weighted by atomic mass is 10.2. The second-order valence-corrected chi connectivity index (χ2v) is 6.00. The summed E-state index contributed by atoms with van der Waals surface area (Å²) in [5.41, 5.74) is 0. The minimum Gasteiger partial charge on any atom is -0.381 e. The van der Waals surface area contributed by atoms with Crippen molar-refractivity contribution in [1.82, 2.24) is 5.32 Å². The maximum Gasteiger partial charge on any atom is 0.0963 e. The van der Waals surface area contributed by atoms with Crippen LogP contribution in [-0.2, 0) is 4.74 Å². The molecule has 1 N–H and O–H groups in total. The van der Waals surface area contributed by atoms with Crippen molar-refractivity contribution in [2.45, 2.75) is 49.4 Å². The fraction of sp³-hybridized carbons (Fsp3) is 0.917. The van der Waals surface area contributed by atoms with Crippen LogP contribution in [0.4, 0.5) is 0 Å². The fourth-order valence-corrected chi connectivity index (χ4v) is 3.15. The molecule has 1 heterocycles. The highest BCUT2D eigenvalue weighted by atomic mass is 32.2. The van der Waals surface area contributed by atoms with E-state index in [0.29, 0.717) is 6.04 Å². The number of ether oxygens (including phenoxy) is 1. The van der Waals surface area contributed by atoms with Gasteiger partial charge in [-0.2, -0.15) is 17.0 Å². The summed E-state index contributed by atoms with van der Waals surface area (Å²) in [6.45, 7) is 1.83. The maximum absolute atomic E-state index is 9.00. The van der Waals surface area contributed by atoms with Crippen molar-refractivity contribution < 1.29 is 4.74 Å². The summed E-state index contributed by atoms with van der Waals surface area (Å²) in [5, 5.41) is 13.1. The minimum absolute atomic E-state index is 0.0693. The first-order valence-electron chi connectivity index (χ1n) is 6.23. The van der Waals surface area contributed by atoms with Gasteiger partial charge in [0.15, 0.2) is 0 Å². The molecule has 0 radical (unpaired) electrons. The van der Waals surface area contributed by atoms with Crippen molar-refractivity contribution in [3.05, 3.63) is 0 Å². The highest BCUT2D eigenvalue weighted by Crippen LogP contribution is 2.24.